The quantitative estimate of drug-likeness (QED) is 0.593. The number of methoxy groups -OCH3 is 1. The summed E-state index contributed by atoms with van der Waals surface area (Å²) in [5, 5.41) is 1.74. The molecule has 1 amide bonds. The van der Waals surface area contributed by atoms with Crippen LogP contribution in [0.2, 0.25) is 0 Å². The van der Waals surface area contributed by atoms with Gasteiger partial charge < -0.3 is 14.6 Å². The van der Waals surface area contributed by atoms with Crippen LogP contribution in [0, 0.1) is 0 Å². The number of hydrogen-bond acceptors (Lipinski definition) is 4. The van der Waals surface area contributed by atoms with Crippen LogP contribution in [-0.4, -0.2) is 47.6 Å². The van der Waals surface area contributed by atoms with Gasteiger partial charge in [-0.2, -0.15) is 0 Å². The lowest BCUT2D eigenvalue weighted by Gasteiger charge is -2.28. The second-order valence-electron chi connectivity index (χ2n) is 8.26. The van der Waals surface area contributed by atoms with Crippen LogP contribution in [0.1, 0.15) is 36.7 Å². The molecule has 3 aromatic rings. The van der Waals surface area contributed by atoms with Gasteiger partial charge in [-0.15, -0.1) is 0 Å². The van der Waals surface area contributed by atoms with E-state index in [2.05, 4.69) is 16.5 Å². The van der Waals surface area contributed by atoms with Gasteiger partial charge >= 0.3 is 0 Å². The molecule has 5 rings (SSSR count). The fourth-order valence-electron chi connectivity index (χ4n) is 4.46. The van der Waals surface area contributed by atoms with E-state index in [4.69, 9.17) is 9.72 Å². The van der Waals surface area contributed by atoms with Crippen LogP contribution < -0.4 is 15.1 Å². The van der Waals surface area contributed by atoms with Crippen LogP contribution in [0.5, 0.6) is 5.75 Å². The average Bonchev–Trinajstić information content (AvgIpc) is 3.44. The number of amides is 1. The highest BCUT2D eigenvalue weighted by Crippen LogP contribution is 2.31. The number of hydrogen-bond donors (Lipinski definition) is 3. The van der Waals surface area contributed by atoms with Crippen molar-refractivity contribution >= 4 is 22.6 Å². The third-order valence-electron chi connectivity index (χ3n) is 6.16. The average molecular weight is 419 g/mol. The van der Waals surface area contributed by atoms with Crippen LogP contribution in [0.3, 0.4) is 0 Å². The Kier molecular flexibility index (Phi) is 5.34. The maximum Gasteiger partial charge on any atom is 0.297 e. The minimum Gasteiger partial charge on any atom is -0.497 e. The summed E-state index contributed by atoms with van der Waals surface area (Å²) in [7, 11) is 1.66. The Hall–Kier alpha value is -3.32. The molecule has 3 heterocycles. The van der Waals surface area contributed by atoms with Crippen molar-refractivity contribution in [1.29, 1.82) is 0 Å². The van der Waals surface area contributed by atoms with Crippen molar-refractivity contribution in [2.45, 2.75) is 25.3 Å². The number of nitrogens with zero attached hydrogens (tertiary/aromatic N) is 2. The fraction of sp³-hybridized carbons (Fsp3) is 0.333. The van der Waals surface area contributed by atoms with Crippen LogP contribution in [-0.2, 0) is 4.79 Å². The topological polar surface area (TPSA) is 74.7 Å². The van der Waals surface area contributed by atoms with Gasteiger partial charge in [0.25, 0.3) is 5.91 Å². The molecular weight excluding hydrogens is 390 g/mol. The Morgan fingerprint density at radius 2 is 1.90 bits per heavy atom. The van der Waals surface area contributed by atoms with Crippen molar-refractivity contribution in [3.63, 3.8) is 0 Å². The first-order chi connectivity index (χ1) is 15.2. The molecule has 3 N–H and O–H groups in total. The molecule has 160 valence electrons. The molecule has 1 unspecified atom stereocenters. The second kappa shape index (κ2) is 8.43. The molecule has 7 nitrogen and oxygen atoms in total. The smallest absolute Gasteiger partial charge is 0.297 e. The number of fused-ring (bicyclic) bond motifs is 1. The summed E-state index contributed by atoms with van der Waals surface area (Å²) in [6.07, 6.45) is 5.73. The number of nitrogens with one attached hydrogen (secondary N) is 3. The lowest BCUT2D eigenvalue weighted by atomic mass is 10.1. The molecule has 1 atom stereocenters. The number of ether oxygens (including phenoxy) is 1. The number of carbonyl (C=O) groups excluding carboxylic acids is 1. The normalized spacial score (nSPS) is 19.3. The van der Waals surface area contributed by atoms with Crippen LogP contribution in [0.25, 0.3) is 16.7 Å². The summed E-state index contributed by atoms with van der Waals surface area (Å²) >= 11 is 0. The molecule has 31 heavy (non-hydrogen) atoms. The van der Waals surface area contributed by atoms with E-state index in [1.54, 1.807) is 12.1 Å². The zero-order valence-electron chi connectivity index (χ0n) is 17.7. The molecule has 2 aliphatic heterocycles. The number of piperidine rings is 1. The van der Waals surface area contributed by atoms with Crippen molar-refractivity contribution in [2.24, 2.45) is 0 Å². The minimum atomic E-state index is -0.291. The maximum absolute atomic E-state index is 13.3. The highest BCUT2D eigenvalue weighted by atomic mass is 16.5. The molecule has 0 bridgehead atoms. The summed E-state index contributed by atoms with van der Waals surface area (Å²) < 4.78 is 5.28. The highest BCUT2D eigenvalue weighted by Gasteiger charge is 2.34. The van der Waals surface area contributed by atoms with Gasteiger partial charge in [-0.25, -0.2) is 9.99 Å². The Bertz CT molecular complexity index is 1070. The maximum atomic E-state index is 13.3. The van der Waals surface area contributed by atoms with Gasteiger partial charge in [0, 0.05) is 0 Å². The Morgan fingerprint density at radius 1 is 1.13 bits per heavy atom. The molecular formula is C24H28N5O2+. The summed E-state index contributed by atoms with van der Waals surface area (Å²) in [5.74, 6) is 1.65. The van der Waals surface area contributed by atoms with Crippen LogP contribution in [0.4, 0.5) is 0 Å². The van der Waals surface area contributed by atoms with Crippen LogP contribution >= 0.6 is 0 Å². The van der Waals surface area contributed by atoms with Gasteiger partial charge in [0.1, 0.15) is 17.6 Å². The number of aromatic nitrogens is 2. The standard InChI is InChI=1S/C24H27N5O2/c1-31-18-11-9-17(10-12-18)21-15-22(24-25-19-7-3-4-8-20(19)26-24)29(27-21)23(30)16-28-13-5-2-6-14-28/h3-4,7-12,15,22,27H,2,5-6,13-14,16H2,1H3,(H,25,26)/p+1. The number of quaternary nitrogens is 1. The molecule has 1 fully saturated rings. The van der Waals surface area contributed by atoms with E-state index in [1.165, 1.54) is 24.2 Å². The van der Waals surface area contributed by atoms with Gasteiger partial charge in [-0.3, -0.25) is 10.2 Å². The SMILES string of the molecule is COc1ccc(C2=CC(c3nc4ccccc4[nH]3)N(C(=O)C[NH+]3CCCCC3)N2)cc1. The lowest BCUT2D eigenvalue weighted by molar-refractivity contribution is -0.897. The van der Waals surface area contributed by atoms with Gasteiger partial charge in [0.05, 0.1) is 36.9 Å². The van der Waals surface area contributed by atoms with Crippen molar-refractivity contribution in [3.8, 4) is 5.75 Å². The lowest BCUT2D eigenvalue weighted by Crippen LogP contribution is -3.14. The highest BCUT2D eigenvalue weighted by molar-refractivity contribution is 5.82. The minimum absolute atomic E-state index is 0.0853. The fourth-order valence-corrected chi connectivity index (χ4v) is 4.46. The van der Waals surface area contributed by atoms with E-state index >= 15 is 0 Å². The monoisotopic (exact) mass is 418 g/mol. The van der Waals surface area contributed by atoms with Gasteiger partial charge in [-0.1, -0.05) is 12.1 Å². The van der Waals surface area contributed by atoms with Crippen molar-refractivity contribution in [3.05, 3.63) is 66.0 Å². The van der Waals surface area contributed by atoms with E-state index in [0.717, 1.165) is 47.0 Å². The summed E-state index contributed by atoms with van der Waals surface area (Å²) in [4.78, 5) is 22.9. The van der Waals surface area contributed by atoms with E-state index < -0.39 is 0 Å². The van der Waals surface area contributed by atoms with E-state index in [9.17, 15) is 4.79 Å². The summed E-state index contributed by atoms with van der Waals surface area (Å²) in [5.41, 5.74) is 7.13. The number of imidazole rings is 1. The number of para-hydroxylation sites is 2. The number of rotatable bonds is 5. The van der Waals surface area contributed by atoms with Gasteiger partial charge in [0.15, 0.2) is 6.54 Å². The number of hydrazine groups is 1. The summed E-state index contributed by atoms with van der Waals surface area (Å²) in [6, 6.07) is 15.5. The Morgan fingerprint density at radius 3 is 2.65 bits per heavy atom. The summed E-state index contributed by atoms with van der Waals surface area (Å²) in [6.45, 7) is 2.62. The Balaban J connectivity index is 1.45. The predicted octanol–water partition coefficient (Wildman–Crippen LogP) is 2.07. The number of aromatic amines is 1. The molecule has 2 aromatic carbocycles. The van der Waals surface area contributed by atoms with E-state index in [-0.39, 0.29) is 11.9 Å². The number of benzene rings is 2. The van der Waals surface area contributed by atoms with Crippen molar-refractivity contribution in [1.82, 2.24) is 20.4 Å². The molecule has 1 saturated heterocycles. The van der Waals surface area contributed by atoms with E-state index in [0.29, 0.717) is 6.54 Å². The molecule has 1 aromatic heterocycles. The van der Waals surface area contributed by atoms with Crippen LogP contribution in [0.15, 0.2) is 54.6 Å². The Labute approximate surface area is 181 Å². The number of likely N-dealkylation sites (tertiary alicyclic amines) is 1. The molecule has 0 aliphatic carbocycles. The molecule has 0 spiro atoms. The van der Waals surface area contributed by atoms with Crippen molar-refractivity contribution in [2.75, 3.05) is 26.7 Å². The van der Waals surface area contributed by atoms with E-state index in [1.807, 2.05) is 48.5 Å². The first kappa shape index (κ1) is 19.6. The zero-order valence-corrected chi connectivity index (χ0v) is 17.7. The first-order valence-corrected chi connectivity index (χ1v) is 10.9. The zero-order chi connectivity index (χ0) is 21.2. The third kappa shape index (κ3) is 4.01. The third-order valence-corrected chi connectivity index (χ3v) is 6.16. The van der Waals surface area contributed by atoms with Crippen molar-refractivity contribution < 1.29 is 14.4 Å². The number of H-pyrrole nitrogens is 1. The van der Waals surface area contributed by atoms with Gasteiger partial charge in [-0.05, 0) is 67.3 Å². The molecule has 0 saturated carbocycles. The molecule has 0 radical (unpaired) electrons. The largest absolute Gasteiger partial charge is 0.497 e. The predicted molar refractivity (Wildman–Crippen MR) is 119 cm³/mol. The number of carbonyl (C=O) groups is 1. The van der Waals surface area contributed by atoms with Gasteiger partial charge in [0.2, 0.25) is 0 Å². The molecule has 2 aliphatic rings. The second-order valence-corrected chi connectivity index (χ2v) is 8.26. The first-order valence-electron chi connectivity index (χ1n) is 10.9. The molecule has 7 heteroatoms.